The van der Waals surface area contributed by atoms with Crippen LogP contribution < -0.4 is 10.6 Å². The van der Waals surface area contributed by atoms with Crippen molar-refractivity contribution in [3.63, 3.8) is 0 Å². The summed E-state index contributed by atoms with van der Waals surface area (Å²) in [6, 6.07) is 10.8. The zero-order valence-electron chi connectivity index (χ0n) is 12.3. The van der Waals surface area contributed by atoms with Crippen LogP contribution in [0.1, 0.15) is 18.7 Å². The minimum Gasteiger partial charge on any atom is -0.397 e. The van der Waals surface area contributed by atoms with Gasteiger partial charge in [-0.3, -0.25) is 4.98 Å². The van der Waals surface area contributed by atoms with Crippen LogP contribution >= 0.6 is 11.3 Å². The molecule has 1 aromatic carbocycles. The molecule has 0 radical (unpaired) electrons. The van der Waals surface area contributed by atoms with E-state index in [0.717, 1.165) is 28.7 Å². The van der Waals surface area contributed by atoms with E-state index < -0.39 is 0 Å². The van der Waals surface area contributed by atoms with Gasteiger partial charge in [0.15, 0.2) is 0 Å². The highest BCUT2D eigenvalue weighted by Gasteiger charge is 2.16. The summed E-state index contributed by atoms with van der Waals surface area (Å²) >= 11 is 1.78. The lowest BCUT2D eigenvalue weighted by atomic mass is 10.1. The maximum atomic E-state index is 6.42. The van der Waals surface area contributed by atoms with Gasteiger partial charge in [-0.1, -0.05) is 12.1 Å². The normalized spacial score (nSPS) is 11.2. The van der Waals surface area contributed by atoms with Crippen molar-refractivity contribution >= 4 is 33.5 Å². The van der Waals surface area contributed by atoms with Crippen molar-refractivity contribution in [2.45, 2.75) is 26.4 Å². The number of pyridine rings is 1. The summed E-state index contributed by atoms with van der Waals surface area (Å²) < 4.78 is 0. The number of nitrogens with zero attached hydrogens (tertiary/aromatic N) is 2. The van der Waals surface area contributed by atoms with Gasteiger partial charge < -0.3 is 10.6 Å². The smallest absolute Gasteiger partial charge is 0.0632 e. The van der Waals surface area contributed by atoms with Crippen LogP contribution in [0.5, 0.6) is 0 Å². The van der Waals surface area contributed by atoms with Crippen molar-refractivity contribution in [2.75, 3.05) is 10.6 Å². The van der Waals surface area contributed by atoms with Crippen molar-refractivity contribution in [1.82, 2.24) is 4.98 Å². The Bertz CT molecular complexity index is 735. The number of thiophene rings is 1. The Morgan fingerprint density at radius 2 is 2.10 bits per heavy atom. The van der Waals surface area contributed by atoms with Crippen LogP contribution in [-0.4, -0.2) is 11.0 Å². The molecule has 108 valence electrons. The number of fused-ring (bicyclic) bond motifs is 1. The van der Waals surface area contributed by atoms with Crippen LogP contribution in [-0.2, 0) is 6.54 Å². The topological polar surface area (TPSA) is 42.2 Å². The van der Waals surface area contributed by atoms with E-state index >= 15 is 0 Å². The molecule has 0 bridgehead atoms. The van der Waals surface area contributed by atoms with Gasteiger partial charge in [-0.15, -0.1) is 11.3 Å². The fraction of sp³-hybridized carbons (Fsp3) is 0.235. The first-order chi connectivity index (χ1) is 10.2. The minimum absolute atomic E-state index is 0.383. The molecule has 0 unspecified atom stereocenters. The number of aromatic nitrogens is 1. The summed E-state index contributed by atoms with van der Waals surface area (Å²) in [6.45, 7) is 5.28. The third-order valence-electron chi connectivity index (χ3n) is 3.68. The second kappa shape index (κ2) is 5.74. The number of benzene rings is 1. The molecule has 21 heavy (non-hydrogen) atoms. The van der Waals surface area contributed by atoms with Gasteiger partial charge in [0, 0.05) is 34.1 Å². The highest BCUT2D eigenvalue weighted by Crippen LogP contribution is 2.33. The predicted molar refractivity (Wildman–Crippen MR) is 91.8 cm³/mol. The van der Waals surface area contributed by atoms with Crippen LogP contribution in [0.2, 0.25) is 0 Å². The maximum absolute atomic E-state index is 6.42. The summed E-state index contributed by atoms with van der Waals surface area (Å²) in [4.78, 5) is 7.85. The number of rotatable bonds is 4. The lowest BCUT2D eigenvalue weighted by Crippen LogP contribution is -2.30. The fourth-order valence-corrected chi connectivity index (χ4v) is 3.25. The zero-order valence-corrected chi connectivity index (χ0v) is 13.1. The molecule has 0 amide bonds. The molecule has 0 fully saturated rings. The zero-order chi connectivity index (χ0) is 14.8. The summed E-state index contributed by atoms with van der Waals surface area (Å²) in [5.74, 6) is 0. The van der Waals surface area contributed by atoms with Crippen molar-refractivity contribution in [3.05, 3.63) is 53.0 Å². The Balaban J connectivity index is 2.05. The molecule has 3 aromatic rings. The molecule has 3 rings (SSSR count). The molecule has 0 saturated carbocycles. The Morgan fingerprint density at radius 3 is 2.81 bits per heavy atom. The quantitative estimate of drug-likeness (QED) is 0.730. The van der Waals surface area contributed by atoms with Gasteiger partial charge in [0.1, 0.15) is 0 Å². The number of hydrogen-bond acceptors (Lipinski definition) is 4. The maximum Gasteiger partial charge on any atom is 0.0632 e. The molecule has 0 spiro atoms. The van der Waals surface area contributed by atoms with Crippen molar-refractivity contribution in [3.8, 4) is 0 Å². The van der Waals surface area contributed by atoms with Gasteiger partial charge >= 0.3 is 0 Å². The third-order valence-corrected chi connectivity index (χ3v) is 4.54. The SMILES string of the molecule is CC(C)N(Cc1cccs1)c1ccc2cnccc2c1N. The fourth-order valence-electron chi connectivity index (χ4n) is 2.55. The molecule has 0 saturated heterocycles. The van der Waals surface area contributed by atoms with Crippen molar-refractivity contribution in [1.29, 1.82) is 0 Å². The van der Waals surface area contributed by atoms with Gasteiger partial charge in [-0.2, -0.15) is 0 Å². The molecule has 0 aliphatic carbocycles. The third kappa shape index (κ3) is 2.72. The molecule has 2 aromatic heterocycles. The Hall–Kier alpha value is -2.07. The van der Waals surface area contributed by atoms with Gasteiger partial charge in [-0.25, -0.2) is 0 Å². The number of nitrogen functional groups attached to an aromatic ring is 1. The van der Waals surface area contributed by atoms with Crippen LogP contribution in [0.15, 0.2) is 48.1 Å². The van der Waals surface area contributed by atoms with E-state index in [1.807, 2.05) is 12.3 Å². The number of nitrogens with two attached hydrogens (primary N) is 1. The van der Waals surface area contributed by atoms with E-state index in [1.54, 1.807) is 17.5 Å². The molecule has 0 aliphatic heterocycles. The summed E-state index contributed by atoms with van der Waals surface area (Å²) in [7, 11) is 0. The average molecular weight is 297 g/mol. The Kier molecular flexibility index (Phi) is 3.80. The first kappa shape index (κ1) is 13.9. The molecular weight excluding hydrogens is 278 g/mol. The largest absolute Gasteiger partial charge is 0.397 e. The molecule has 2 heterocycles. The first-order valence-electron chi connectivity index (χ1n) is 7.08. The first-order valence-corrected chi connectivity index (χ1v) is 7.96. The van der Waals surface area contributed by atoms with E-state index in [4.69, 9.17) is 5.73 Å². The summed E-state index contributed by atoms with van der Waals surface area (Å²) in [5.41, 5.74) is 8.35. The average Bonchev–Trinajstić information content (AvgIpc) is 2.99. The molecule has 0 atom stereocenters. The highest BCUT2D eigenvalue weighted by atomic mass is 32.1. The van der Waals surface area contributed by atoms with Gasteiger partial charge in [-0.05, 0) is 37.4 Å². The van der Waals surface area contributed by atoms with Crippen LogP contribution in [0.3, 0.4) is 0 Å². The van der Waals surface area contributed by atoms with Crippen LogP contribution in [0.4, 0.5) is 11.4 Å². The monoisotopic (exact) mass is 297 g/mol. The summed E-state index contributed by atoms with van der Waals surface area (Å²) in [6.07, 6.45) is 3.65. The van der Waals surface area contributed by atoms with E-state index in [9.17, 15) is 0 Å². The van der Waals surface area contributed by atoms with E-state index in [2.05, 4.69) is 53.4 Å². The lowest BCUT2D eigenvalue weighted by Gasteiger charge is -2.30. The van der Waals surface area contributed by atoms with Crippen LogP contribution in [0, 0.1) is 0 Å². The number of anilines is 2. The predicted octanol–water partition coefficient (Wildman–Crippen LogP) is 4.29. The molecule has 0 aliphatic rings. The van der Waals surface area contributed by atoms with Crippen LogP contribution in [0.25, 0.3) is 10.8 Å². The lowest BCUT2D eigenvalue weighted by molar-refractivity contribution is 0.688. The minimum atomic E-state index is 0.383. The highest BCUT2D eigenvalue weighted by molar-refractivity contribution is 7.09. The molecule has 4 heteroatoms. The molecule has 3 nitrogen and oxygen atoms in total. The van der Waals surface area contributed by atoms with E-state index in [0.29, 0.717) is 6.04 Å². The van der Waals surface area contributed by atoms with Crippen molar-refractivity contribution < 1.29 is 0 Å². The van der Waals surface area contributed by atoms with Gasteiger partial charge in [0.2, 0.25) is 0 Å². The standard InChI is InChI=1S/C17H19N3S/c1-12(2)20(11-14-4-3-9-21-14)16-6-5-13-10-19-8-7-15(13)17(16)18/h3-10,12H,11,18H2,1-2H3. The van der Waals surface area contributed by atoms with E-state index in [-0.39, 0.29) is 0 Å². The van der Waals surface area contributed by atoms with Gasteiger partial charge in [0.05, 0.1) is 17.9 Å². The second-order valence-electron chi connectivity index (χ2n) is 5.40. The second-order valence-corrected chi connectivity index (χ2v) is 6.43. The number of hydrogen-bond donors (Lipinski definition) is 1. The Morgan fingerprint density at radius 1 is 1.24 bits per heavy atom. The van der Waals surface area contributed by atoms with E-state index in [1.165, 1.54) is 4.88 Å². The molecular formula is C17H19N3S. The molecule has 2 N–H and O–H groups in total. The summed E-state index contributed by atoms with van der Waals surface area (Å²) in [5, 5.41) is 4.27. The Labute approximate surface area is 129 Å². The van der Waals surface area contributed by atoms with Crippen molar-refractivity contribution in [2.24, 2.45) is 0 Å². The van der Waals surface area contributed by atoms with Gasteiger partial charge in [0.25, 0.3) is 0 Å².